The second kappa shape index (κ2) is 7.76. The Hall–Kier alpha value is -2.25. The number of ether oxygens (including phenoxy) is 1. The number of esters is 1. The lowest BCUT2D eigenvalue weighted by Crippen LogP contribution is -2.22. The summed E-state index contributed by atoms with van der Waals surface area (Å²) in [7, 11) is 0. The lowest BCUT2D eigenvalue weighted by atomic mass is 10.1. The number of benzene rings is 2. The van der Waals surface area contributed by atoms with E-state index in [1.165, 1.54) is 24.3 Å². The predicted octanol–water partition coefficient (Wildman–Crippen LogP) is 4.81. The summed E-state index contributed by atoms with van der Waals surface area (Å²) in [4.78, 5) is 23.6. The zero-order valence-electron chi connectivity index (χ0n) is 12.4. The van der Waals surface area contributed by atoms with Gasteiger partial charge >= 0.3 is 12.1 Å². The molecule has 0 saturated carbocycles. The fraction of sp³-hybridized carbons (Fsp3) is 0.125. The Morgan fingerprint density at radius 1 is 1.04 bits per heavy atom. The molecular formula is C16H10Cl2F3NO3. The highest BCUT2D eigenvalue weighted by molar-refractivity contribution is 6.35. The van der Waals surface area contributed by atoms with Crippen molar-refractivity contribution in [2.45, 2.75) is 6.18 Å². The maximum atomic E-state index is 12.9. The van der Waals surface area contributed by atoms with E-state index >= 15 is 0 Å². The first-order valence-electron chi connectivity index (χ1n) is 6.76. The van der Waals surface area contributed by atoms with Crippen molar-refractivity contribution in [2.24, 2.45) is 0 Å². The Labute approximate surface area is 150 Å². The van der Waals surface area contributed by atoms with Gasteiger partial charge in [0.25, 0.3) is 5.91 Å². The van der Waals surface area contributed by atoms with Crippen molar-refractivity contribution < 1.29 is 27.5 Å². The summed E-state index contributed by atoms with van der Waals surface area (Å²) in [5, 5.41) is 2.92. The molecule has 2 aromatic rings. The average molecular weight is 392 g/mol. The summed E-state index contributed by atoms with van der Waals surface area (Å²) in [6, 6.07) is 8.41. The van der Waals surface area contributed by atoms with Crippen LogP contribution in [0.5, 0.6) is 0 Å². The predicted molar refractivity (Wildman–Crippen MR) is 86.8 cm³/mol. The molecule has 0 unspecified atom stereocenters. The molecule has 0 bridgehead atoms. The molecule has 0 radical (unpaired) electrons. The Morgan fingerprint density at radius 2 is 1.64 bits per heavy atom. The number of nitrogens with one attached hydrogen (secondary N) is 1. The standard InChI is InChI=1S/C16H10Cl2F3NO3/c17-9-5-10(18)7-11(6-9)22-14(23)8-25-15(24)12-3-1-2-4-13(12)16(19,20)21/h1-7H,8H2,(H,22,23). The van der Waals surface area contributed by atoms with Crippen molar-refractivity contribution in [3.05, 3.63) is 63.6 Å². The molecule has 0 aliphatic heterocycles. The molecule has 0 aliphatic carbocycles. The minimum atomic E-state index is -4.71. The smallest absolute Gasteiger partial charge is 0.417 e. The molecule has 0 saturated heterocycles. The lowest BCUT2D eigenvalue weighted by molar-refractivity contribution is -0.138. The second-order valence-electron chi connectivity index (χ2n) is 4.83. The normalized spacial score (nSPS) is 11.1. The average Bonchev–Trinajstić information content (AvgIpc) is 2.50. The molecule has 132 valence electrons. The Kier molecular flexibility index (Phi) is 5.92. The van der Waals surface area contributed by atoms with Crippen LogP contribution in [0.2, 0.25) is 10.0 Å². The van der Waals surface area contributed by atoms with E-state index in [1.807, 2.05) is 0 Å². The zero-order chi connectivity index (χ0) is 18.6. The molecule has 1 N–H and O–H groups in total. The zero-order valence-corrected chi connectivity index (χ0v) is 13.9. The fourth-order valence-electron chi connectivity index (χ4n) is 1.94. The van der Waals surface area contributed by atoms with Crippen molar-refractivity contribution in [3.8, 4) is 0 Å². The number of carbonyl (C=O) groups is 2. The summed E-state index contributed by atoms with van der Waals surface area (Å²) in [5.41, 5.74) is -1.55. The molecular weight excluding hydrogens is 382 g/mol. The van der Waals surface area contributed by atoms with Gasteiger partial charge in [0.05, 0.1) is 11.1 Å². The Balaban J connectivity index is 2.02. The first kappa shape index (κ1) is 19.1. The van der Waals surface area contributed by atoms with Gasteiger partial charge in [0.15, 0.2) is 6.61 Å². The number of anilines is 1. The molecule has 0 heterocycles. The molecule has 0 atom stereocenters. The highest BCUT2D eigenvalue weighted by Crippen LogP contribution is 2.32. The maximum Gasteiger partial charge on any atom is 0.417 e. The summed E-state index contributed by atoms with van der Waals surface area (Å²) in [6.07, 6.45) is -4.71. The van der Waals surface area contributed by atoms with Crippen LogP contribution in [0, 0.1) is 0 Å². The van der Waals surface area contributed by atoms with Crippen LogP contribution in [0.1, 0.15) is 15.9 Å². The van der Waals surface area contributed by atoms with Crippen LogP contribution < -0.4 is 5.32 Å². The van der Waals surface area contributed by atoms with E-state index in [9.17, 15) is 22.8 Å². The number of rotatable bonds is 4. The van der Waals surface area contributed by atoms with Crippen LogP contribution in [-0.2, 0) is 15.7 Å². The molecule has 1 amide bonds. The van der Waals surface area contributed by atoms with Gasteiger partial charge in [-0.1, -0.05) is 35.3 Å². The van der Waals surface area contributed by atoms with Gasteiger partial charge in [0.2, 0.25) is 0 Å². The number of hydrogen-bond donors (Lipinski definition) is 1. The van der Waals surface area contributed by atoms with E-state index in [0.717, 1.165) is 18.2 Å². The molecule has 2 rings (SSSR count). The van der Waals surface area contributed by atoms with E-state index in [4.69, 9.17) is 23.2 Å². The fourth-order valence-corrected chi connectivity index (χ4v) is 2.47. The summed E-state index contributed by atoms with van der Waals surface area (Å²) in [6.45, 7) is -0.769. The van der Waals surface area contributed by atoms with E-state index < -0.39 is 35.8 Å². The van der Waals surface area contributed by atoms with Crippen molar-refractivity contribution in [2.75, 3.05) is 11.9 Å². The maximum absolute atomic E-state index is 12.9. The minimum Gasteiger partial charge on any atom is -0.452 e. The minimum absolute atomic E-state index is 0.259. The van der Waals surface area contributed by atoms with Gasteiger partial charge in [0, 0.05) is 15.7 Å². The molecule has 9 heteroatoms. The topological polar surface area (TPSA) is 55.4 Å². The third-order valence-electron chi connectivity index (χ3n) is 2.93. The van der Waals surface area contributed by atoms with Gasteiger partial charge in [-0.2, -0.15) is 13.2 Å². The molecule has 4 nitrogen and oxygen atoms in total. The molecule has 0 fully saturated rings. The van der Waals surface area contributed by atoms with E-state index in [-0.39, 0.29) is 15.7 Å². The Morgan fingerprint density at radius 3 is 2.24 bits per heavy atom. The van der Waals surface area contributed by atoms with Crippen molar-refractivity contribution in [3.63, 3.8) is 0 Å². The monoisotopic (exact) mass is 391 g/mol. The summed E-state index contributed by atoms with van der Waals surface area (Å²) >= 11 is 11.5. The second-order valence-corrected chi connectivity index (χ2v) is 5.70. The molecule has 0 aliphatic rings. The third kappa shape index (κ3) is 5.37. The van der Waals surface area contributed by atoms with Gasteiger partial charge in [-0.25, -0.2) is 4.79 Å². The largest absolute Gasteiger partial charge is 0.452 e. The van der Waals surface area contributed by atoms with Crippen LogP contribution in [0.3, 0.4) is 0 Å². The summed E-state index contributed by atoms with van der Waals surface area (Å²) < 4.78 is 43.2. The molecule has 2 aromatic carbocycles. The number of alkyl halides is 3. The molecule has 25 heavy (non-hydrogen) atoms. The van der Waals surface area contributed by atoms with E-state index in [2.05, 4.69) is 10.1 Å². The SMILES string of the molecule is O=C(COC(=O)c1ccccc1C(F)(F)F)Nc1cc(Cl)cc(Cl)c1. The third-order valence-corrected chi connectivity index (χ3v) is 3.37. The number of hydrogen-bond acceptors (Lipinski definition) is 3. The van der Waals surface area contributed by atoms with E-state index in [1.54, 1.807) is 0 Å². The molecule has 0 aromatic heterocycles. The van der Waals surface area contributed by atoms with Crippen molar-refractivity contribution in [1.29, 1.82) is 0 Å². The highest BCUT2D eigenvalue weighted by atomic mass is 35.5. The first-order chi connectivity index (χ1) is 11.7. The summed E-state index contributed by atoms with van der Waals surface area (Å²) in [5.74, 6) is -2.01. The lowest BCUT2D eigenvalue weighted by Gasteiger charge is -2.12. The van der Waals surface area contributed by atoms with Gasteiger partial charge in [-0.15, -0.1) is 0 Å². The number of carbonyl (C=O) groups excluding carboxylic acids is 2. The first-order valence-corrected chi connectivity index (χ1v) is 7.51. The van der Waals surface area contributed by atoms with Crippen LogP contribution in [0.4, 0.5) is 18.9 Å². The van der Waals surface area contributed by atoms with Crippen LogP contribution >= 0.6 is 23.2 Å². The Bertz CT molecular complexity index is 789. The number of halogens is 5. The molecule has 0 spiro atoms. The van der Waals surface area contributed by atoms with E-state index in [0.29, 0.717) is 0 Å². The van der Waals surface area contributed by atoms with Crippen molar-refractivity contribution in [1.82, 2.24) is 0 Å². The van der Waals surface area contributed by atoms with Gasteiger partial charge in [-0.3, -0.25) is 4.79 Å². The quantitative estimate of drug-likeness (QED) is 0.761. The van der Waals surface area contributed by atoms with Crippen LogP contribution in [-0.4, -0.2) is 18.5 Å². The number of amides is 1. The van der Waals surface area contributed by atoms with Gasteiger partial charge in [0.1, 0.15) is 0 Å². The van der Waals surface area contributed by atoms with Gasteiger partial charge < -0.3 is 10.1 Å². The van der Waals surface area contributed by atoms with Crippen molar-refractivity contribution >= 4 is 40.8 Å². The highest BCUT2D eigenvalue weighted by Gasteiger charge is 2.35. The van der Waals surface area contributed by atoms with Crippen LogP contribution in [0.25, 0.3) is 0 Å². The van der Waals surface area contributed by atoms with Crippen LogP contribution in [0.15, 0.2) is 42.5 Å². The van der Waals surface area contributed by atoms with Gasteiger partial charge in [-0.05, 0) is 30.3 Å².